The molecule has 0 aliphatic carbocycles. The van der Waals surface area contributed by atoms with E-state index in [1.165, 1.54) is 6.08 Å². The molecule has 0 saturated heterocycles. The lowest BCUT2D eigenvalue weighted by molar-refractivity contribution is -0.153. The molecule has 0 amide bonds. The van der Waals surface area contributed by atoms with Gasteiger partial charge in [-0.05, 0) is 25.9 Å². The highest BCUT2D eigenvalue weighted by Gasteiger charge is 2.17. The Hall–Kier alpha value is -0.830. The van der Waals surface area contributed by atoms with Crippen molar-refractivity contribution in [2.75, 3.05) is 13.1 Å². The molecule has 3 nitrogen and oxygen atoms in total. The summed E-state index contributed by atoms with van der Waals surface area (Å²) >= 11 is 0. The highest BCUT2D eigenvalue weighted by molar-refractivity contribution is 5.81. The van der Waals surface area contributed by atoms with Crippen LogP contribution in [-0.4, -0.2) is 30.2 Å². The zero-order valence-corrected chi connectivity index (χ0v) is 10.2. The first-order valence-electron chi connectivity index (χ1n) is 5.76. The molecule has 0 N–H and O–H groups in total. The normalized spacial score (nSPS) is 12.5. The van der Waals surface area contributed by atoms with E-state index in [0.29, 0.717) is 0 Å². The zero-order valence-electron chi connectivity index (χ0n) is 10.2. The number of rotatable bonds is 8. The molecule has 0 aromatic carbocycles. The van der Waals surface area contributed by atoms with E-state index in [-0.39, 0.29) is 12.2 Å². The fraction of sp³-hybridized carbons (Fsp3) is 0.750. The molecule has 0 spiro atoms. The van der Waals surface area contributed by atoms with Crippen molar-refractivity contribution in [3.63, 3.8) is 0 Å². The maximum Gasteiger partial charge on any atom is 0.331 e. The van der Waals surface area contributed by atoms with Gasteiger partial charge in [0, 0.05) is 6.08 Å². The van der Waals surface area contributed by atoms with Gasteiger partial charge in [-0.15, -0.1) is 0 Å². The van der Waals surface area contributed by atoms with Crippen molar-refractivity contribution < 1.29 is 9.53 Å². The minimum absolute atomic E-state index is 0.0922. The largest absolute Gasteiger partial charge is 0.443 e. The fourth-order valence-electron chi connectivity index (χ4n) is 1.51. The summed E-state index contributed by atoms with van der Waals surface area (Å²) in [6, 6.07) is 0. The van der Waals surface area contributed by atoms with Gasteiger partial charge in [-0.3, -0.25) is 4.90 Å². The molecule has 1 unspecified atom stereocenters. The molecule has 0 aliphatic rings. The summed E-state index contributed by atoms with van der Waals surface area (Å²) in [5, 5.41) is 0. The molecular weight excluding hydrogens is 190 g/mol. The average molecular weight is 213 g/mol. The van der Waals surface area contributed by atoms with Gasteiger partial charge < -0.3 is 4.74 Å². The maximum absolute atomic E-state index is 11.2. The van der Waals surface area contributed by atoms with Crippen LogP contribution in [0.5, 0.6) is 0 Å². The van der Waals surface area contributed by atoms with Crippen LogP contribution in [0.15, 0.2) is 12.7 Å². The Morgan fingerprint density at radius 1 is 1.40 bits per heavy atom. The highest BCUT2D eigenvalue weighted by atomic mass is 16.6. The molecule has 0 fully saturated rings. The summed E-state index contributed by atoms with van der Waals surface area (Å²) in [4.78, 5) is 13.3. The van der Waals surface area contributed by atoms with Crippen molar-refractivity contribution in [3.8, 4) is 0 Å². The van der Waals surface area contributed by atoms with Gasteiger partial charge in [-0.2, -0.15) is 0 Å². The van der Waals surface area contributed by atoms with Crippen LogP contribution < -0.4 is 0 Å². The lowest BCUT2D eigenvalue weighted by Crippen LogP contribution is -2.38. The molecule has 0 radical (unpaired) electrons. The van der Waals surface area contributed by atoms with Gasteiger partial charge in [0.2, 0.25) is 0 Å². The monoisotopic (exact) mass is 213 g/mol. The number of esters is 1. The van der Waals surface area contributed by atoms with Crippen LogP contribution in [0, 0.1) is 0 Å². The standard InChI is InChI=1S/C12H23NO2/c1-5-9-10-11(13(7-3)8-4)15-12(14)6-2/h6,11H,2,5,7-10H2,1,3-4H3. The molecule has 0 aromatic rings. The predicted molar refractivity (Wildman–Crippen MR) is 62.5 cm³/mol. The second-order valence-corrected chi connectivity index (χ2v) is 3.46. The SMILES string of the molecule is C=CC(=O)OC(CCCC)N(CC)CC. The minimum Gasteiger partial charge on any atom is -0.443 e. The second-order valence-electron chi connectivity index (χ2n) is 3.46. The summed E-state index contributed by atoms with van der Waals surface area (Å²) in [6.07, 6.45) is 4.22. The molecule has 3 heteroatoms. The molecule has 88 valence electrons. The third-order valence-electron chi connectivity index (χ3n) is 2.44. The van der Waals surface area contributed by atoms with E-state index < -0.39 is 0 Å². The Bertz CT molecular complexity index is 188. The van der Waals surface area contributed by atoms with Gasteiger partial charge in [0.1, 0.15) is 0 Å². The van der Waals surface area contributed by atoms with Crippen LogP contribution in [0.2, 0.25) is 0 Å². The first-order valence-corrected chi connectivity index (χ1v) is 5.76. The Morgan fingerprint density at radius 2 is 2.00 bits per heavy atom. The van der Waals surface area contributed by atoms with Crippen LogP contribution in [0.25, 0.3) is 0 Å². The van der Waals surface area contributed by atoms with E-state index in [2.05, 4.69) is 32.3 Å². The molecule has 0 rings (SSSR count). The van der Waals surface area contributed by atoms with Gasteiger partial charge in [0.05, 0.1) is 0 Å². The van der Waals surface area contributed by atoms with Crippen LogP contribution >= 0.6 is 0 Å². The first kappa shape index (κ1) is 14.2. The van der Waals surface area contributed by atoms with Crippen LogP contribution in [0.1, 0.15) is 40.0 Å². The second kappa shape index (κ2) is 8.48. The maximum atomic E-state index is 11.2. The predicted octanol–water partition coefficient (Wildman–Crippen LogP) is 2.57. The van der Waals surface area contributed by atoms with E-state index in [1.54, 1.807) is 0 Å². The number of carbonyl (C=O) groups excluding carboxylic acids is 1. The number of carbonyl (C=O) groups is 1. The highest BCUT2D eigenvalue weighted by Crippen LogP contribution is 2.10. The topological polar surface area (TPSA) is 29.5 Å². The molecule has 0 bridgehead atoms. The van der Waals surface area contributed by atoms with Gasteiger partial charge in [-0.1, -0.05) is 33.8 Å². The lowest BCUT2D eigenvalue weighted by atomic mass is 10.2. The zero-order chi connectivity index (χ0) is 11.7. The van der Waals surface area contributed by atoms with Gasteiger partial charge >= 0.3 is 5.97 Å². The van der Waals surface area contributed by atoms with Crippen molar-refractivity contribution in [2.45, 2.75) is 46.3 Å². The van der Waals surface area contributed by atoms with Crippen molar-refractivity contribution in [3.05, 3.63) is 12.7 Å². The fourth-order valence-corrected chi connectivity index (χ4v) is 1.51. The summed E-state index contributed by atoms with van der Waals surface area (Å²) in [5.74, 6) is -0.331. The average Bonchev–Trinajstić information content (AvgIpc) is 2.26. The van der Waals surface area contributed by atoms with Gasteiger partial charge in [0.15, 0.2) is 6.23 Å². The minimum atomic E-state index is -0.331. The van der Waals surface area contributed by atoms with Crippen molar-refractivity contribution in [2.24, 2.45) is 0 Å². The molecule has 1 atom stereocenters. The Balaban J connectivity index is 4.26. The Labute approximate surface area is 93.1 Å². The van der Waals surface area contributed by atoms with Gasteiger partial charge in [-0.25, -0.2) is 4.79 Å². The first-order chi connectivity index (χ1) is 7.19. The Morgan fingerprint density at radius 3 is 2.40 bits per heavy atom. The smallest absolute Gasteiger partial charge is 0.331 e. The van der Waals surface area contributed by atoms with Crippen molar-refractivity contribution in [1.82, 2.24) is 4.90 Å². The number of nitrogens with zero attached hydrogens (tertiary/aromatic N) is 1. The number of ether oxygens (including phenoxy) is 1. The van der Waals surface area contributed by atoms with E-state index in [4.69, 9.17) is 4.74 Å². The molecule has 0 saturated carbocycles. The van der Waals surface area contributed by atoms with Crippen LogP contribution in [0.3, 0.4) is 0 Å². The molecule has 15 heavy (non-hydrogen) atoms. The van der Waals surface area contributed by atoms with Crippen LogP contribution in [0.4, 0.5) is 0 Å². The van der Waals surface area contributed by atoms with E-state index in [1.807, 2.05) is 0 Å². The lowest BCUT2D eigenvalue weighted by Gasteiger charge is -2.28. The van der Waals surface area contributed by atoms with Crippen molar-refractivity contribution >= 4 is 5.97 Å². The van der Waals surface area contributed by atoms with Gasteiger partial charge in [0.25, 0.3) is 0 Å². The summed E-state index contributed by atoms with van der Waals surface area (Å²) in [7, 11) is 0. The summed E-state index contributed by atoms with van der Waals surface area (Å²) < 4.78 is 5.31. The van der Waals surface area contributed by atoms with E-state index >= 15 is 0 Å². The third kappa shape index (κ3) is 5.57. The quantitative estimate of drug-likeness (QED) is 0.352. The number of hydrogen-bond donors (Lipinski definition) is 0. The molecular formula is C12H23NO2. The summed E-state index contributed by atoms with van der Waals surface area (Å²) in [6.45, 7) is 11.5. The third-order valence-corrected chi connectivity index (χ3v) is 2.44. The van der Waals surface area contributed by atoms with E-state index in [9.17, 15) is 4.79 Å². The van der Waals surface area contributed by atoms with Crippen LogP contribution in [-0.2, 0) is 9.53 Å². The van der Waals surface area contributed by atoms with E-state index in [0.717, 1.165) is 32.4 Å². The number of hydrogen-bond acceptors (Lipinski definition) is 3. The molecule has 0 aliphatic heterocycles. The molecule has 0 aromatic heterocycles. The molecule has 0 heterocycles. The summed E-state index contributed by atoms with van der Waals surface area (Å²) in [5.41, 5.74) is 0. The number of unbranched alkanes of at least 4 members (excludes halogenated alkanes) is 1. The Kier molecular flexibility index (Phi) is 8.01. The van der Waals surface area contributed by atoms with Crippen molar-refractivity contribution in [1.29, 1.82) is 0 Å².